The summed E-state index contributed by atoms with van der Waals surface area (Å²) in [6.07, 6.45) is 0. The molecular weight excluding hydrogens is 352 g/mol. The number of aliphatic hydroxyl groups is 1. The van der Waals surface area contributed by atoms with Crippen molar-refractivity contribution in [3.05, 3.63) is 32.8 Å². The van der Waals surface area contributed by atoms with Crippen LogP contribution in [0.2, 0.25) is 0 Å². The van der Waals surface area contributed by atoms with E-state index in [-0.39, 0.29) is 12.5 Å². The molecule has 0 saturated carbocycles. The highest BCUT2D eigenvalue weighted by Crippen LogP contribution is 2.27. The molecule has 0 aliphatic carbocycles. The Hall–Kier alpha value is -1.03. The molecule has 2 atom stereocenters. The highest BCUT2D eigenvalue weighted by atomic mass is 79.9. The van der Waals surface area contributed by atoms with Crippen molar-refractivity contribution in [2.24, 2.45) is 5.92 Å². The van der Waals surface area contributed by atoms with Crippen LogP contribution in [0.5, 0.6) is 0 Å². The molecule has 1 rings (SSSR count). The first-order valence-electron chi connectivity index (χ1n) is 5.76. The Bertz CT molecular complexity index is 605. The summed E-state index contributed by atoms with van der Waals surface area (Å²) in [5.41, 5.74) is -0.496. The molecule has 0 aromatic heterocycles. The third-order valence-electron chi connectivity index (χ3n) is 2.89. The Morgan fingerprint density at radius 3 is 2.55 bits per heavy atom. The molecule has 0 aliphatic rings. The lowest BCUT2D eigenvalue weighted by atomic mass is 10.1. The van der Waals surface area contributed by atoms with Gasteiger partial charge in [0.15, 0.2) is 4.90 Å². The summed E-state index contributed by atoms with van der Waals surface area (Å²) in [6, 6.07) is 3.15. The number of nitrogens with zero attached hydrogens (tertiary/aromatic N) is 1. The number of hydrogen-bond donors (Lipinski definition) is 2. The van der Waals surface area contributed by atoms with Gasteiger partial charge in [0, 0.05) is 23.2 Å². The molecule has 0 saturated heterocycles. The zero-order chi connectivity index (χ0) is 15.5. The van der Waals surface area contributed by atoms with Gasteiger partial charge in [-0.3, -0.25) is 10.1 Å². The van der Waals surface area contributed by atoms with E-state index >= 15 is 0 Å². The molecule has 9 heteroatoms. The molecule has 0 bridgehead atoms. The molecule has 7 nitrogen and oxygen atoms in total. The fraction of sp³-hybridized carbons (Fsp3) is 0.455. The molecule has 0 fully saturated rings. The molecule has 0 spiro atoms. The van der Waals surface area contributed by atoms with Gasteiger partial charge >= 0.3 is 0 Å². The Kier molecular flexibility index (Phi) is 5.63. The van der Waals surface area contributed by atoms with E-state index in [9.17, 15) is 18.5 Å². The van der Waals surface area contributed by atoms with E-state index in [0.717, 1.165) is 6.07 Å². The number of nitro groups is 1. The number of aliphatic hydroxyl groups excluding tert-OH is 1. The van der Waals surface area contributed by atoms with Crippen LogP contribution in [0.1, 0.15) is 13.8 Å². The van der Waals surface area contributed by atoms with Crippen LogP contribution in [-0.2, 0) is 10.0 Å². The zero-order valence-electron chi connectivity index (χ0n) is 10.9. The second-order valence-corrected chi connectivity index (χ2v) is 7.04. The number of nitrogens with one attached hydrogen (secondary N) is 1. The molecule has 1 aromatic carbocycles. The second kappa shape index (κ2) is 6.61. The van der Waals surface area contributed by atoms with E-state index < -0.39 is 31.6 Å². The number of nitro benzene ring substituents is 1. The first-order valence-corrected chi connectivity index (χ1v) is 8.03. The minimum absolute atomic E-state index is 0.190. The maximum Gasteiger partial charge on any atom is 0.289 e. The molecule has 0 heterocycles. The highest BCUT2D eigenvalue weighted by molar-refractivity contribution is 9.10. The van der Waals surface area contributed by atoms with E-state index in [1.807, 2.05) is 0 Å². The van der Waals surface area contributed by atoms with Crippen molar-refractivity contribution in [2.45, 2.75) is 24.8 Å². The van der Waals surface area contributed by atoms with Crippen molar-refractivity contribution in [3.8, 4) is 0 Å². The Morgan fingerprint density at radius 1 is 1.45 bits per heavy atom. The minimum Gasteiger partial charge on any atom is -0.396 e. The molecule has 2 N–H and O–H groups in total. The summed E-state index contributed by atoms with van der Waals surface area (Å²) in [6.45, 7) is 3.06. The Labute approximate surface area is 125 Å². The fourth-order valence-electron chi connectivity index (χ4n) is 1.44. The van der Waals surface area contributed by atoms with E-state index in [4.69, 9.17) is 5.11 Å². The molecule has 20 heavy (non-hydrogen) atoms. The predicted octanol–water partition coefficient (Wildman–Crippen LogP) is 1.65. The van der Waals surface area contributed by atoms with Crippen molar-refractivity contribution in [1.29, 1.82) is 0 Å². The zero-order valence-corrected chi connectivity index (χ0v) is 13.3. The van der Waals surface area contributed by atoms with Crippen LogP contribution in [-0.4, -0.2) is 31.1 Å². The monoisotopic (exact) mass is 366 g/mol. The van der Waals surface area contributed by atoms with Crippen molar-refractivity contribution >= 4 is 31.6 Å². The lowest BCUT2D eigenvalue weighted by molar-refractivity contribution is -0.387. The summed E-state index contributed by atoms with van der Waals surface area (Å²) in [5.74, 6) is -0.309. The molecule has 1 aromatic rings. The van der Waals surface area contributed by atoms with Gasteiger partial charge in [-0.2, -0.15) is 0 Å². The van der Waals surface area contributed by atoms with Crippen molar-refractivity contribution in [2.75, 3.05) is 6.61 Å². The van der Waals surface area contributed by atoms with Gasteiger partial charge in [0.25, 0.3) is 5.69 Å². The maximum absolute atomic E-state index is 12.2. The van der Waals surface area contributed by atoms with Crippen molar-refractivity contribution in [3.63, 3.8) is 0 Å². The standard InChI is InChI=1S/C11H15BrN2O5S/c1-7(6-15)8(2)13-20(18,19)11-5-9(12)3-4-10(11)14(16)17/h3-5,7-8,13,15H,6H2,1-2H3. The van der Waals surface area contributed by atoms with Gasteiger partial charge in [0.2, 0.25) is 10.0 Å². The van der Waals surface area contributed by atoms with Gasteiger partial charge in [-0.15, -0.1) is 0 Å². The van der Waals surface area contributed by atoms with Crippen LogP contribution >= 0.6 is 15.9 Å². The van der Waals surface area contributed by atoms with Gasteiger partial charge in [0.1, 0.15) is 0 Å². The Morgan fingerprint density at radius 2 is 2.05 bits per heavy atom. The highest BCUT2D eigenvalue weighted by Gasteiger charge is 2.28. The first kappa shape index (κ1) is 17.0. The number of rotatable bonds is 6. The first-order chi connectivity index (χ1) is 9.19. The predicted molar refractivity (Wildman–Crippen MR) is 76.8 cm³/mol. The Balaban J connectivity index is 3.22. The van der Waals surface area contributed by atoms with E-state index in [2.05, 4.69) is 20.7 Å². The number of benzene rings is 1. The molecular formula is C11H15BrN2O5S. The lowest BCUT2D eigenvalue weighted by Gasteiger charge is -2.19. The van der Waals surface area contributed by atoms with Gasteiger partial charge in [-0.05, 0) is 25.0 Å². The van der Waals surface area contributed by atoms with Crippen LogP contribution in [0.25, 0.3) is 0 Å². The normalized spacial score (nSPS) is 14.8. The topological polar surface area (TPSA) is 110 Å². The van der Waals surface area contributed by atoms with Crippen LogP contribution in [0.4, 0.5) is 5.69 Å². The van der Waals surface area contributed by atoms with Crippen LogP contribution in [0.3, 0.4) is 0 Å². The third kappa shape index (κ3) is 3.98. The fourth-order valence-corrected chi connectivity index (χ4v) is 3.50. The lowest BCUT2D eigenvalue weighted by Crippen LogP contribution is -2.38. The second-order valence-electron chi connectivity index (χ2n) is 4.44. The summed E-state index contributed by atoms with van der Waals surface area (Å²) >= 11 is 3.09. The number of sulfonamides is 1. The average Bonchev–Trinajstić information content (AvgIpc) is 2.36. The summed E-state index contributed by atoms with van der Waals surface area (Å²) < 4.78 is 27.2. The van der Waals surface area contributed by atoms with Crippen LogP contribution in [0.15, 0.2) is 27.6 Å². The summed E-state index contributed by atoms with van der Waals surface area (Å²) in [5, 5.41) is 19.9. The van der Waals surface area contributed by atoms with E-state index in [1.54, 1.807) is 13.8 Å². The minimum atomic E-state index is -4.05. The molecule has 0 radical (unpaired) electrons. The van der Waals surface area contributed by atoms with Gasteiger partial charge in [-0.1, -0.05) is 22.9 Å². The number of halogens is 1. The van der Waals surface area contributed by atoms with Gasteiger partial charge < -0.3 is 5.11 Å². The van der Waals surface area contributed by atoms with Gasteiger partial charge in [0.05, 0.1) is 4.92 Å². The molecule has 2 unspecified atom stereocenters. The van der Waals surface area contributed by atoms with Crippen LogP contribution in [0, 0.1) is 16.0 Å². The summed E-state index contributed by atoms with van der Waals surface area (Å²) in [4.78, 5) is 9.76. The number of hydrogen-bond acceptors (Lipinski definition) is 5. The quantitative estimate of drug-likeness (QED) is 0.587. The maximum atomic E-state index is 12.2. The SMILES string of the molecule is CC(CO)C(C)NS(=O)(=O)c1cc(Br)ccc1[N+](=O)[O-]. The largest absolute Gasteiger partial charge is 0.396 e. The average molecular weight is 367 g/mol. The van der Waals surface area contributed by atoms with Crippen molar-refractivity contribution in [1.82, 2.24) is 4.72 Å². The summed E-state index contributed by atoms with van der Waals surface area (Å²) in [7, 11) is -4.05. The van der Waals surface area contributed by atoms with E-state index in [1.165, 1.54) is 12.1 Å². The van der Waals surface area contributed by atoms with Gasteiger partial charge in [-0.25, -0.2) is 13.1 Å². The molecule has 0 aliphatic heterocycles. The smallest absolute Gasteiger partial charge is 0.289 e. The van der Waals surface area contributed by atoms with E-state index in [0.29, 0.717) is 4.47 Å². The molecule has 112 valence electrons. The van der Waals surface area contributed by atoms with Crippen molar-refractivity contribution < 1.29 is 18.4 Å². The third-order valence-corrected chi connectivity index (χ3v) is 4.97. The molecule has 0 amide bonds. The van der Waals surface area contributed by atoms with Crippen LogP contribution < -0.4 is 4.72 Å².